The number of anilines is 1. The SMILES string of the molecule is CC(=O)c1cccc(NC(=O)Cn2nc(C3CC3)cc(C(F)(F)F)c2=O)c1. The van der Waals surface area contributed by atoms with Crippen LogP contribution in [-0.2, 0) is 17.5 Å². The molecule has 0 aliphatic heterocycles. The summed E-state index contributed by atoms with van der Waals surface area (Å²) in [6, 6.07) is 6.87. The normalized spacial score (nSPS) is 14.1. The number of nitrogens with one attached hydrogen (secondary N) is 1. The summed E-state index contributed by atoms with van der Waals surface area (Å²) < 4.78 is 39.9. The maximum Gasteiger partial charge on any atom is 0.421 e. The maximum absolute atomic E-state index is 13.1. The zero-order chi connectivity index (χ0) is 19.8. The molecule has 1 amide bonds. The fourth-order valence-corrected chi connectivity index (χ4v) is 2.60. The molecule has 0 atom stereocenters. The highest BCUT2D eigenvalue weighted by molar-refractivity contribution is 5.97. The minimum Gasteiger partial charge on any atom is -0.324 e. The molecule has 0 saturated heterocycles. The minimum absolute atomic E-state index is 0.117. The fraction of sp³-hybridized carbons (Fsp3) is 0.333. The van der Waals surface area contributed by atoms with E-state index in [2.05, 4.69) is 10.4 Å². The molecule has 0 spiro atoms. The Morgan fingerprint density at radius 2 is 1.96 bits per heavy atom. The molecule has 1 N–H and O–H groups in total. The monoisotopic (exact) mass is 379 g/mol. The van der Waals surface area contributed by atoms with Gasteiger partial charge in [0.15, 0.2) is 5.78 Å². The first-order valence-electron chi connectivity index (χ1n) is 8.25. The number of hydrogen-bond donors (Lipinski definition) is 1. The molecule has 0 unspecified atom stereocenters. The topological polar surface area (TPSA) is 81.1 Å². The minimum atomic E-state index is -4.82. The van der Waals surface area contributed by atoms with Gasteiger partial charge in [-0.2, -0.15) is 18.3 Å². The van der Waals surface area contributed by atoms with Crippen LogP contribution in [0.15, 0.2) is 35.1 Å². The van der Waals surface area contributed by atoms with Crippen LogP contribution in [0.1, 0.15) is 47.3 Å². The van der Waals surface area contributed by atoms with E-state index in [0.29, 0.717) is 28.8 Å². The lowest BCUT2D eigenvalue weighted by molar-refractivity contribution is -0.139. The van der Waals surface area contributed by atoms with Crippen LogP contribution >= 0.6 is 0 Å². The Kier molecular flexibility index (Phi) is 4.86. The molecule has 1 aliphatic carbocycles. The summed E-state index contributed by atoms with van der Waals surface area (Å²) in [6.07, 6.45) is -3.42. The molecule has 1 saturated carbocycles. The van der Waals surface area contributed by atoms with E-state index in [9.17, 15) is 27.6 Å². The highest BCUT2D eigenvalue weighted by atomic mass is 19.4. The Labute approximate surface area is 152 Å². The van der Waals surface area contributed by atoms with E-state index >= 15 is 0 Å². The van der Waals surface area contributed by atoms with Gasteiger partial charge in [-0.25, -0.2) is 4.68 Å². The van der Waals surface area contributed by atoms with Crippen molar-refractivity contribution in [2.45, 2.75) is 38.4 Å². The van der Waals surface area contributed by atoms with E-state index in [1.165, 1.54) is 19.1 Å². The summed E-state index contributed by atoms with van der Waals surface area (Å²) in [5, 5.41) is 6.39. The van der Waals surface area contributed by atoms with E-state index in [1.807, 2.05) is 0 Å². The zero-order valence-corrected chi connectivity index (χ0v) is 14.3. The second-order valence-electron chi connectivity index (χ2n) is 6.40. The summed E-state index contributed by atoms with van der Waals surface area (Å²) in [7, 11) is 0. The maximum atomic E-state index is 13.1. The molecule has 142 valence electrons. The lowest BCUT2D eigenvalue weighted by atomic mass is 10.1. The number of aromatic nitrogens is 2. The lowest BCUT2D eigenvalue weighted by Gasteiger charge is -2.12. The van der Waals surface area contributed by atoms with Gasteiger partial charge in [0.2, 0.25) is 5.91 Å². The van der Waals surface area contributed by atoms with Crippen LogP contribution in [-0.4, -0.2) is 21.5 Å². The molecule has 0 bridgehead atoms. The molecule has 1 heterocycles. The first-order valence-corrected chi connectivity index (χ1v) is 8.25. The number of benzene rings is 1. The first kappa shape index (κ1) is 18.8. The van der Waals surface area contributed by atoms with Gasteiger partial charge in [0.25, 0.3) is 5.56 Å². The van der Waals surface area contributed by atoms with Crippen LogP contribution in [0.5, 0.6) is 0 Å². The lowest BCUT2D eigenvalue weighted by Crippen LogP contribution is -2.35. The fourth-order valence-electron chi connectivity index (χ4n) is 2.60. The van der Waals surface area contributed by atoms with Crippen molar-refractivity contribution in [2.24, 2.45) is 0 Å². The molecule has 0 radical (unpaired) electrons. The van der Waals surface area contributed by atoms with E-state index in [-0.39, 0.29) is 17.4 Å². The van der Waals surface area contributed by atoms with Gasteiger partial charge in [-0.1, -0.05) is 12.1 Å². The third-order valence-corrected chi connectivity index (χ3v) is 4.14. The number of alkyl halides is 3. The third-order valence-electron chi connectivity index (χ3n) is 4.14. The molecule has 27 heavy (non-hydrogen) atoms. The molecule has 9 heteroatoms. The van der Waals surface area contributed by atoms with Gasteiger partial charge < -0.3 is 5.32 Å². The first-order chi connectivity index (χ1) is 12.6. The molecular weight excluding hydrogens is 363 g/mol. The number of Topliss-reactive ketones (excluding diaryl/α,β-unsaturated/α-hetero) is 1. The molecule has 1 aromatic heterocycles. The highest BCUT2D eigenvalue weighted by Gasteiger charge is 2.37. The van der Waals surface area contributed by atoms with Crippen LogP contribution < -0.4 is 10.9 Å². The Bertz CT molecular complexity index is 962. The van der Waals surface area contributed by atoms with Crippen molar-refractivity contribution in [3.05, 3.63) is 57.5 Å². The van der Waals surface area contributed by atoms with Gasteiger partial charge in [-0.3, -0.25) is 14.4 Å². The molecule has 1 fully saturated rings. The summed E-state index contributed by atoms with van der Waals surface area (Å²) in [4.78, 5) is 35.7. The molecule has 2 aromatic rings. The van der Waals surface area contributed by atoms with E-state index in [4.69, 9.17) is 0 Å². The number of ketones is 1. The summed E-state index contributed by atoms with van der Waals surface area (Å²) >= 11 is 0. The second-order valence-corrected chi connectivity index (χ2v) is 6.40. The number of halogens is 3. The molecule has 3 rings (SSSR count). The third kappa shape index (κ3) is 4.42. The average molecular weight is 379 g/mol. The number of carbonyl (C=O) groups is 2. The predicted octanol–water partition coefficient (Wildman–Crippen LogP) is 2.98. The number of amides is 1. The Hall–Kier alpha value is -2.97. The van der Waals surface area contributed by atoms with Crippen LogP contribution in [0.2, 0.25) is 0 Å². The quantitative estimate of drug-likeness (QED) is 0.810. The van der Waals surface area contributed by atoms with Crippen molar-refractivity contribution in [3.63, 3.8) is 0 Å². The van der Waals surface area contributed by atoms with Crippen molar-refractivity contribution in [1.82, 2.24) is 9.78 Å². The van der Waals surface area contributed by atoms with Gasteiger partial charge in [0.05, 0.1) is 5.69 Å². The van der Waals surface area contributed by atoms with E-state index in [0.717, 1.165) is 6.07 Å². The van der Waals surface area contributed by atoms with Crippen LogP contribution in [0.4, 0.5) is 18.9 Å². The highest BCUT2D eigenvalue weighted by Crippen LogP contribution is 2.40. The van der Waals surface area contributed by atoms with Crippen molar-refractivity contribution in [2.75, 3.05) is 5.32 Å². The Morgan fingerprint density at radius 1 is 1.26 bits per heavy atom. The Morgan fingerprint density at radius 3 is 2.56 bits per heavy atom. The van der Waals surface area contributed by atoms with Crippen LogP contribution in [0.25, 0.3) is 0 Å². The summed E-state index contributed by atoms with van der Waals surface area (Å²) in [6.45, 7) is 0.708. The number of hydrogen-bond acceptors (Lipinski definition) is 4. The molecule has 1 aliphatic rings. The van der Waals surface area contributed by atoms with Crippen molar-refractivity contribution < 1.29 is 22.8 Å². The zero-order valence-electron chi connectivity index (χ0n) is 14.3. The van der Waals surface area contributed by atoms with Gasteiger partial charge >= 0.3 is 6.18 Å². The van der Waals surface area contributed by atoms with Gasteiger partial charge in [0.1, 0.15) is 12.1 Å². The molecular formula is C18H16F3N3O3. The van der Waals surface area contributed by atoms with Crippen LogP contribution in [0.3, 0.4) is 0 Å². The number of nitrogens with zero attached hydrogens (tertiary/aromatic N) is 2. The van der Waals surface area contributed by atoms with Crippen LogP contribution in [0, 0.1) is 0 Å². The van der Waals surface area contributed by atoms with E-state index < -0.39 is 29.8 Å². The predicted molar refractivity (Wildman–Crippen MR) is 90.6 cm³/mol. The van der Waals surface area contributed by atoms with Gasteiger partial charge in [0, 0.05) is 17.2 Å². The molecule has 1 aromatic carbocycles. The van der Waals surface area contributed by atoms with Crippen molar-refractivity contribution in [3.8, 4) is 0 Å². The van der Waals surface area contributed by atoms with E-state index in [1.54, 1.807) is 12.1 Å². The van der Waals surface area contributed by atoms with Gasteiger partial charge in [-0.05, 0) is 38.0 Å². The number of rotatable bonds is 5. The van der Waals surface area contributed by atoms with Crippen molar-refractivity contribution in [1.29, 1.82) is 0 Å². The van der Waals surface area contributed by atoms with Crippen molar-refractivity contribution >= 4 is 17.4 Å². The molecule has 6 nitrogen and oxygen atoms in total. The van der Waals surface area contributed by atoms with Gasteiger partial charge in [-0.15, -0.1) is 0 Å². The average Bonchev–Trinajstić information content (AvgIpc) is 3.40. The smallest absolute Gasteiger partial charge is 0.324 e. The largest absolute Gasteiger partial charge is 0.421 e. The Balaban J connectivity index is 1.85. The second kappa shape index (κ2) is 6.98. The summed E-state index contributed by atoms with van der Waals surface area (Å²) in [5.74, 6) is -1.03. The summed E-state index contributed by atoms with van der Waals surface area (Å²) in [5.41, 5.74) is -1.85. The number of carbonyl (C=O) groups excluding carboxylic acids is 2. The standard InChI is InChI=1S/C18H16F3N3O3/c1-10(25)12-3-2-4-13(7-12)22-16(26)9-24-17(27)14(18(19,20)21)8-15(23-24)11-5-6-11/h2-4,7-8,11H,5-6,9H2,1H3,(H,22,26).